The Balaban J connectivity index is 3.15. The summed E-state index contributed by atoms with van der Waals surface area (Å²) >= 11 is 0. The van der Waals surface area contributed by atoms with E-state index in [2.05, 4.69) is 6.58 Å². The molecule has 0 spiro atoms. The molecule has 8 nitrogen and oxygen atoms in total. The second kappa shape index (κ2) is 7.04. The average molecular weight is 294 g/mol. The molecule has 21 heavy (non-hydrogen) atoms. The number of aliphatic carboxylic acids is 1. The van der Waals surface area contributed by atoms with Gasteiger partial charge in [0.25, 0.3) is 5.91 Å². The normalized spacial score (nSPS) is 9.76. The van der Waals surface area contributed by atoms with Gasteiger partial charge in [0.15, 0.2) is 5.75 Å². The van der Waals surface area contributed by atoms with Gasteiger partial charge in [-0.2, -0.15) is 0 Å². The molecule has 0 aromatic heterocycles. The molecule has 112 valence electrons. The third kappa shape index (κ3) is 4.03. The van der Waals surface area contributed by atoms with Gasteiger partial charge in [0.05, 0.1) is 12.0 Å². The molecule has 1 amide bonds. The first-order chi connectivity index (χ1) is 9.90. The zero-order chi connectivity index (χ0) is 16.0. The Kier molecular flexibility index (Phi) is 5.41. The average Bonchev–Trinajstić information content (AvgIpc) is 2.44. The van der Waals surface area contributed by atoms with Crippen LogP contribution >= 0.6 is 0 Å². The van der Waals surface area contributed by atoms with Gasteiger partial charge in [0.2, 0.25) is 0 Å². The van der Waals surface area contributed by atoms with Crippen LogP contribution in [0.3, 0.4) is 0 Å². The zero-order valence-corrected chi connectivity index (χ0v) is 11.3. The number of carbonyl (C=O) groups is 2. The Hall–Kier alpha value is -2.90. The number of rotatable bonds is 7. The number of methoxy groups -OCH3 is 1. The number of nitro groups is 1. The van der Waals surface area contributed by atoms with Crippen LogP contribution in [0.15, 0.2) is 30.9 Å². The summed E-state index contributed by atoms with van der Waals surface area (Å²) in [6.07, 6.45) is 1.37. The Morgan fingerprint density at radius 1 is 1.52 bits per heavy atom. The van der Waals surface area contributed by atoms with Gasteiger partial charge in [-0.25, -0.2) is 0 Å². The molecule has 0 aliphatic rings. The van der Waals surface area contributed by atoms with Crippen LogP contribution in [0.2, 0.25) is 0 Å². The van der Waals surface area contributed by atoms with Crippen molar-refractivity contribution in [1.82, 2.24) is 4.90 Å². The number of ether oxygens (including phenoxy) is 1. The van der Waals surface area contributed by atoms with Gasteiger partial charge in [-0.1, -0.05) is 6.08 Å². The van der Waals surface area contributed by atoms with Crippen LogP contribution in [-0.4, -0.2) is 47.0 Å². The lowest BCUT2D eigenvalue weighted by molar-refractivity contribution is -0.385. The minimum Gasteiger partial charge on any atom is -0.490 e. The number of nitro benzene ring substituents is 1. The molecule has 0 bridgehead atoms. The van der Waals surface area contributed by atoms with Crippen molar-refractivity contribution in [3.8, 4) is 5.75 Å². The molecule has 0 radical (unpaired) electrons. The van der Waals surface area contributed by atoms with E-state index in [1.165, 1.54) is 25.3 Å². The molecule has 0 saturated heterocycles. The summed E-state index contributed by atoms with van der Waals surface area (Å²) in [5, 5.41) is 19.7. The maximum absolute atomic E-state index is 12.2. The van der Waals surface area contributed by atoms with Crippen LogP contribution in [0.5, 0.6) is 5.75 Å². The van der Waals surface area contributed by atoms with Gasteiger partial charge >= 0.3 is 11.7 Å². The Morgan fingerprint density at radius 2 is 2.19 bits per heavy atom. The molecule has 0 aliphatic heterocycles. The van der Waals surface area contributed by atoms with E-state index in [1.54, 1.807) is 0 Å². The van der Waals surface area contributed by atoms with Crippen molar-refractivity contribution in [2.24, 2.45) is 0 Å². The first-order valence-electron chi connectivity index (χ1n) is 5.85. The van der Waals surface area contributed by atoms with Gasteiger partial charge in [-0.15, -0.1) is 6.58 Å². The maximum atomic E-state index is 12.2. The van der Waals surface area contributed by atoms with E-state index in [9.17, 15) is 19.7 Å². The fourth-order valence-electron chi connectivity index (χ4n) is 1.69. The number of carboxylic acids is 1. The molecular weight excluding hydrogens is 280 g/mol. The lowest BCUT2D eigenvalue weighted by Crippen LogP contribution is -2.35. The Morgan fingerprint density at radius 3 is 2.67 bits per heavy atom. The van der Waals surface area contributed by atoms with Crippen LogP contribution in [0.1, 0.15) is 10.4 Å². The van der Waals surface area contributed by atoms with Crippen LogP contribution in [0.4, 0.5) is 5.69 Å². The number of amides is 1. The molecular formula is C13H14N2O6. The molecule has 1 aromatic carbocycles. The van der Waals surface area contributed by atoms with Crippen molar-refractivity contribution >= 4 is 17.6 Å². The van der Waals surface area contributed by atoms with Crippen molar-refractivity contribution in [2.45, 2.75) is 0 Å². The molecule has 0 aliphatic carbocycles. The van der Waals surface area contributed by atoms with Gasteiger partial charge < -0.3 is 14.7 Å². The van der Waals surface area contributed by atoms with Crippen LogP contribution in [0, 0.1) is 10.1 Å². The van der Waals surface area contributed by atoms with Crippen molar-refractivity contribution in [3.05, 3.63) is 46.5 Å². The lowest BCUT2D eigenvalue weighted by Gasteiger charge is -2.18. The summed E-state index contributed by atoms with van der Waals surface area (Å²) in [5.74, 6) is -1.80. The number of hydrogen-bond acceptors (Lipinski definition) is 5. The first kappa shape index (κ1) is 16.2. The van der Waals surface area contributed by atoms with Crippen molar-refractivity contribution in [1.29, 1.82) is 0 Å². The molecule has 0 unspecified atom stereocenters. The third-order valence-electron chi connectivity index (χ3n) is 2.59. The van der Waals surface area contributed by atoms with Gasteiger partial charge in [0.1, 0.15) is 6.54 Å². The van der Waals surface area contributed by atoms with Crippen LogP contribution in [-0.2, 0) is 4.79 Å². The van der Waals surface area contributed by atoms with Gasteiger partial charge in [-0.3, -0.25) is 19.7 Å². The summed E-state index contributed by atoms with van der Waals surface area (Å²) in [6, 6.07) is 3.68. The van der Waals surface area contributed by atoms with Gasteiger partial charge in [0, 0.05) is 18.2 Å². The minimum absolute atomic E-state index is 0.00519. The van der Waals surface area contributed by atoms with E-state index in [1.807, 2.05) is 0 Å². The fraction of sp³-hybridized carbons (Fsp3) is 0.231. The Labute approximate surface area is 120 Å². The fourth-order valence-corrected chi connectivity index (χ4v) is 1.69. The topological polar surface area (TPSA) is 110 Å². The lowest BCUT2D eigenvalue weighted by atomic mass is 10.1. The monoisotopic (exact) mass is 294 g/mol. The Bertz CT molecular complexity index is 584. The highest BCUT2D eigenvalue weighted by molar-refractivity contribution is 5.96. The summed E-state index contributed by atoms with van der Waals surface area (Å²) in [6.45, 7) is 2.94. The van der Waals surface area contributed by atoms with E-state index in [4.69, 9.17) is 9.84 Å². The molecule has 1 aromatic rings. The van der Waals surface area contributed by atoms with Crippen molar-refractivity contribution in [3.63, 3.8) is 0 Å². The second-order valence-electron chi connectivity index (χ2n) is 4.01. The molecule has 1 N–H and O–H groups in total. The summed E-state index contributed by atoms with van der Waals surface area (Å²) < 4.78 is 4.84. The summed E-state index contributed by atoms with van der Waals surface area (Å²) in [7, 11) is 1.28. The predicted octanol–water partition coefficient (Wildman–Crippen LogP) is 1.32. The van der Waals surface area contributed by atoms with Gasteiger partial charge in [-0.05, 0) is 12.1 Å². The van der Waals surface area contributed by atoms with Crippen LogP contribution in [0.25, 0.3) is 0 Å². The number of carboxylic acid groups (broad SMARTS) is 1. The largest absolute Gasteiger partial charge is 0.490 e. The molecule has 8 heteroatoms. The molecule has 0 fully saturated rings. The van der Waals surface area contributed by atoms with E-state index < -0.39 is 23.3 Å². The van der Waals surface area contributed by atoms with E-state index in [0.717, 1.165) is 11.0 Å². The molecule has 0 heterocycles. The van der Waals surface area contributed by atoms with Crippen molar-refractivity contribution in [2.75, 3.05) is 20.2 Å². The van der Waals surface area contributed by atoms with E-state index in [0.29, 0.717) is 0 Å². The molecule has 0 atom stereocenters. The number of carbonyl (C=O) groups excluding carboxylic acids is 1. The zero-order valence-electron chi connectivity index (χ0n) is 11.3. The smallest absolute Gasteiger partial charge is 0.323 e. The van der Waals surface area contributed by atoms with E-state index >= 15 is 0 Å². The first-order valence-corrected chi connectivity index (χ1v) is 5.85. The van der Waals surface area contributed by atoms with Crippen LogP contribution < -0.4 is 4.74 Å². The number of nitrogens with zero attached hydrogens (tertiary/aromatic N) is 2. The number of hydrogen-bond donors (Lipinski definition) is 1. The second-order valence-corrected chi connectivity index (χ2v) is 4.01. The number of benzene rings is 1. The third-order valence-corrected chi connectivity index (χ3v) is 2.59. The SMILES string of the molecule is C=CCN(CC(=O)O)C(=O)c1ccc(OC)c([N+](=O)[O-])c1. The highest BCUT2D eigenvalue weighted by Crippen LogP contribution is 2.27. The quantitative estimate of drug-likeness (QED) is 0.461. The maximum Gasteiger partial charge on any atom is 0.323 e. The van der Waals surface area contributed by atoms with Crippen molar-refractivity contribution < 1.29 is 24.4 Å². The van der Waals surface area contributed by atoms with E-state index in [-0.39, 0.29) is 23.5 Å². The highest BCUT2D eigenvalue weighted by atomic mass is 16.6. The predicted molar refractivity (Wildman–Crippen MR) is 73.4 cm³/mol. The summed E-state index contributed by atoms with van der Waals surface area (Å²) in [5.41, 5.74) is -0.358. The molecule has 1 rings (SSSR count). The highest BCUT2D eigenvalue weighted by Gasteiger charge is 2.22. The minimum atomic E-state index is -1.19. The molecule has 0 saturated carbocycles. The summed E-state index contributed by atoms with van der Waals surface area (Å²) in [4.78, 5) is 34.2. The standard InChI is InChI=1S/C13H14N2O6/c1-3-6-14(8-12(16)17)13(18)9-4-5-11(21-2)10(7-9)15(19)20/h3-5,7H,1,6,8H2,2H3,(H,16,17).